The maximum Gasteiger partial charge on any atom is 0.343 e. The molecule has 0 atom stereocenters. The van der Waals surface area contributed by atoms with Crippen molar-refractivity contribution in [3.05, 3.63) is 53.6 Å². The third kappa shape index (κ3) is 5.71. The van der Waals surface area contributed by atoms with Crippen LogP contribution in [0, 0.1) is 0 Å². The van der Waals surface area contributed by atoms with Crippen molar-refractivity contribution in [2.45, 2.75) is 0 Å². The van der Waals surface area contributed by atoms with Crippen molar-refractivity contribution in [1.82, 2.24) is 10.7 Å². The molecule has 2 aromatic rings. The number of fused-ring (bicyclic) bond motifs is 1. The Morgan fingerprint density at radius 3 is 2.80 bits per heavy atom. The monoisotopic (exact) mass is 413 g/mol. The molecule has 0 bridgehead atoms. The molecule has 0 fully saturated rings. The summed E-state index contributed by atoms with van der Waals surface area (Å²) in [6, 6.07) is 11.5. The van der Waals surface area contributed by atoms with E-state index in [1.54, 1.807) is 42.5 Å². The van der Waals surface area contributed by atoms with Crippen molar-refractivity contribution in [3.8, 4) is 17.2 Å². The fraction of sp³-hybridized carbons (Fsp3) is 0.200. The molecule has 2 amide bonds. The summed E-state index contributed by atoms with van der Waals surface area (Å²) in [5, 5.41) is 6.33. The first-order valence-electron chi connectivity index (χ1n) is 8.84. The standard InChI is InChI=1S/C20H19N3O7/c1-27-19(25)11-28-15-4-2-3-13(7-15)9-22-23-18(24)10-21-20(26)14-5-6-16-17(8-14)30-12-29-16/h2-9H,10-12H2,1H3,(H,21,26)(H,23,24)/b22-9-. The van der Waals surface area contributed by atoms with Crippen LogP contribution in [0.3, 0.4) is 0 Å². The van der Waals surface area contributed by atoms with Gasteiger partial charge in [-0.3, -0.25) is 9.59 Å². The maximum atomic E-state index is 12.1. The minimum Gasteiger partial charge on any atom is -0.482 e. The second-order valence-electron chi connectivity index (χ2n) is 5.98. The average Bonchev–Trinajstić information content (AvgIpc) is 3.24. The summed E-state index contributed by atoms with van der Waals surface area (Å²) in [5.74, 6) is 0.0741. The molecular formula is C20H19N3O7. The van der Waals surface area contributed by atoms with Crippen LogP contribution in [0.4, 0.5) is 0 Å². The average molecular weight is 413 g/mol. The second-order valence-corrected chi connectivity index (χ2v) is 5.98. The van der Waals surface area contributed by atoms with Gasteiger partial charge in [0.15, 0.2) is 18.1 Å². The zero-order chi connectivity index (χ0) is 21.3. The van der Waals surface area contributed by atoms with Crippen LogP contribution in [-0.4, -0.2) is 51.1 Å². The Kier molecular flexibility index (Phi) is 6.83. The highest BCUT2D eigenvalue weighted by Crippen LogP contribution is 2.32. The lowest BCUT2D eigenvalue weighted by atomic mass is 10.2. The summed E-state index contributed by atoms with van der Waals surface area (Å²) in [5.41, 5.74) is 3.30. The summed E-state index contributed by atoms with van der Waals surface area (Å²) in [6.45, 7) is -0.356. The summed E-state index contributed by atoms with van der Waals surface area (Å²) in [6.07, 6.45) is 1.41. The molecule has 0 aliphatic carbocycles. The Morgan fingerprint density at radius 1 is 1.13 bits per heavy atom. The van der Waals surface area contributed by atoms with Crippen molar-refractivity contribution in [3.63, 3.8) is 0 Å². The van der Waals surface area contributed by atoms with Crippen LogP contribution in [0.25, 0.3) is 0 Å². The number of rotatable bonds is 8. The van der Waals surface area contributed by atoms with Crippen LogP contribution in [0.2, 0.25) is 0 Å². The molecule has 1 aliphatic heterocycles. The molecule has 0 radical (unpaired) electrons. The van der Waals surface area contributed by atoms with Gasteiger partial charge in [0, 0.05) is 5.56 Å². The molecule has 10 heteroatoms. The van der Waals surface area contributed by atoms with E-state index in [0.717, 1.165) is 0 Å². The van der Waals surface area contributed by atoms with Crippen molar-refractivity contribution in [2.75, 3.05) is 27.1 Å². The van der Waals surface area contributed by atoms with E-state index in [4.69, 9.17) is 14.2 Å². The zero-order valence-corrected chi connectivity index (χ0v) is 16.0. The Bertz CT molecular complexity index is 975. The molecule has 0 saturated heterocycles. The van der Waals surface area contributed by atoms with Gasteiger partial charge >= 0.3 is 5.97 Å². The van der Waals surface area contributed by atoms with Crippen LogP contribution in [-0.2, 0) is 14.3 Å². The van der Waals surface area contributed by atoms with Gasteiger partial charge in [-0.05, 0) is 35.9 Å². The smallest absolute Gasteiger partial charge is 0.343 e. The van der Waals surface area contributed by atoms with Gasteiger partial charge in [-0.1, -0.05) is 12.1 Å². The molecular weight excluding hydrogens is 394 g/mol. The first-order chi connectivity index (χ1) is 14.5. The SMILES string of the molecule is COC(=O)COc1cccc(/C=N\NC(=O)CNC(=O)c2ccc3c(c2)OCO3)c1. The molecule has 156 valence electrons. The molecule has 2 N–H and O–H groups in total. The number of methoxy groups -OCH3 is 1. The van der Waals surface area contributed by atoms with Crippen LogP contribution >= 0.6 is 0 Å². The van der Waals surface area contributed by atoms with E-state index in [9.17, 15) is 14.4 Å². The number of carbonyl (C=O) groups is 3. The Hall–Kier alpha value is -4.08. The van der Waals surface area contributed by atoms with E-state index in [2.05, 4.69) is 20.6 Å². The summed E-state index contributed by atoms with van der Waals surface area (Å²) in [7, 11) is 1.27. The number of ether oxygens (including phenoxy) is 4. The van der Waals surface area contributed by atoms with Crippen LogP contribution < -0.4 is 25.0 Å². The van der Waals surface area contributed by atoms with Crippen LogP contribution in [0.1, 0.15) is 15.9 Å². The molecule has 0 aromatic heterocycles. The fourth-order valence-electron chi connectivity index (χ4n) is 2.40. The van der Waals surface area contributed by atoms with E-state index < -0.39 is 17.8 Å². The number of hydrazone groups is 1. The number of benzene rings is 2. The van der Waals surface area contributed by atoms with E-state index >= 15 is 0 Å². The van der Waals surface area contributed by atoms with Gasteiger partial charge in [-0.25, -0.2) is 10.2 Å². The van der Waals surface area contributed by atoms with Gasteiger partial charge in [0.2, 0.25) is 6.79 Å². The largest absolute Gasteiger partial charge is 0.482 e. The van der Waals surface area contributed by atoms with Crippen molar-refractivity contribution >= 4 is 24.0 Å². The Morgan fingerprint density at radius 2 is 1.97 bits per heavy atom. The quantitative estimate of drug-likeness (QED) is 0.373. The third-order valence-electron chi connectivity index (χ3n) is 3.89. The minimum atomic E-state index is -0.501. The first-order valence-corrected chi connectivity index (χ1v) is 8.84. The fourth-order valence-corrected chi connectivity index (χ4v) is 2.40. The van der Waals surface area contributed by atoms with Crippen molar-refractivity contribution < 1.29 is 33.3 Å². The highest BCUT2D eigenvalue weighted by molar-refractivity contribution is 5.97. The van der Waals surface area contributed by atoms with E-state index in [-0.39, 0.29) is 19.9 Å². The van der Waals surface area contributed by atoms with Crippen molar-refractivity contribution in [2.24, 2.45) is 5.10 Å². The summed E-state index contributed by atoms with van der Waals surface area (Å²) < 4.78 is 20.2. The minimum absolute atomic E-state index is 0.112. The van der Waals surface area contributed by atoms with Crippen LogP contribution in [0.5, 0.6) is 17.2 Å². The van der Waals surface area contributed by atoms with E-state index in [1.807, 2.05) is 0 Å². The molecule has 0 saturated carbocycles. The molecule has 30 heavy (non-hydrogen) atoms. The van der Waals surface area contributed by atoms with E-state index in [1.165, 1.54) is 13.3 Å². The summed E-state index contributed by atoms with van der Waals surface area (Å²) >= 11 is 0. The normalized spacial score (nSPS) is 11.8. The van der Waals surface area contributed by atoms with Gasteiger partial charge in [0.1, 0.15) is 5.75 Å². The van der Waals surface area contributed by atoms with Gasteiger partial charge in [-0.15, -0.1) is 0 Å². The number of esters is 1. The van der Waals surface area contributed by atoms with Gasteiger partial charge < -0.3 is 24.3 Å². The van der Waals surface area contributed by atoms with Crippen LogP contribution in [0.15, 0.2) is 47.6 Å². The molecule has 2 aromatic carbocycles. The number of carbonyl (C=O) groups excluding carboxylic acids is 3. The molecule has 0 unspecified atom stereocenters. The number of nitrogens with zero attached hydrogens (tertiary/aromatic N) is 1. The van der Waals surface area contributed by atoms with Crippen molar-refractivity contribution in [1.29, 1.82) is 0 Å². The Labute approximate surface area is 171 Å². The molecule has 10 nitrogen and oxygen atoms in total. The topological polar surface area (TPSA) is 125 Å². The van der Waals surface area contributed by atoms with Gasteiger partial charge in [0.05, 0.1) is 19.9 Å². The number of amides is 2. The molecule has 3 rings (SSSR count). The third-order valence-corrected chi connectivity index (χ3v) is 3.89. The predicted molar refractivity (Wildman–Crippen MR) is 105 cm³/mol. The van der Waals surface area contributed by atoms with E-state index in [0.29, 0.717) is 28.4 Å². The Balaban J connectivity index is 1.44. The maximum absolute atomic E-state index is 12.1. The molecule has 0 spiro atoms. The predicted octanol–water partition coefficient (Wildman–Crippen LogP) is 0.847. The summed E-state index contributed by atoms with van der Waals surface area (Å²) in [4.78, 5) is 35.1. The lowest BCUT2D eigenvalue weighted by Crippen LogP contribution is -2.34. The zero-order valence-electron chi connectivity index (χ0n) is 16.0. The highest BCUT2D eigenvalue weighted by atomic mass is 16.7. The lowest BCUT2D eigenvalue weighted by Gasteiger charge is -2.06. The highest BCUT2D eigenvalue weighted by Gasteiger charge is 2.16. The first kappa shape index (κ1) is 20.6. The number of hydrogen-bond acceptors (Lipinski definition) is 8. The number of nitrogens with one attached hydrogen (secondary N) is 2. The molecule has 1 heterocycles. The van der Waals surface area contributed by atoms with Gasteiger partial charge in [-0.2, -0.15) is 5.10 Å². The van der Waals surface area contributed by atoms with Gasteiger partial charge in [0.25, 0.3) is 11.8 Å². The number of hydrogen-bond donors (Lipinski definition) is 2. The second kappa shape index (κ2) is 9.92. The molecule has 1 aliphatic rings. The lowest BCUT2D eigenvalue weighted by molar-refractivity contribution is -0.142.